The van der Waals surface area contributed by atoms with Crippen LogP contribution in [0.4, 0.5) is 14.9 Å². The minimum atomic E-state index is -0.385. The molecule has 6 nitrogen and oxygen atoms in total. The van der Waals surface area contributed by atoms with Gasteiger partial charge in [0.15, 0.2) is 5.78 Å². The molecule has 0 spiro atoms. The van der Waals surface area contributed by atoms with E-state index in [4.69, 9.17) is 4.74 Å². The van der Waals surface area contributed by atoms with E-state index in [0.717, 1.165) is 5.69 Å². The van der Waals surface area contributed by atoms with E-state index >= 15 is 0 Å². The number of benzene rings is 2. The third-order valence-corrected chi connectivity index (χ3v) is 5.10. The predicted octanol–water partition coefficient (Wildman–Crippen LogP) is 4.28. The number of halogens is 1. The average molecular weight is 412 g/mol. The first kappa shape index (κ1) is 21.5. The minimum Gasteiger partial charge on any atom is -0.465 e. The quantitative estimate of drug-likeness (QED) is 0.419. The maximum Gasteiger partial charge on any atom is 0.321 e. The standard InChI is InChI=1S/C23H25FN2O4/c24-19-10-8-17(9-11-19)21(27)7-4-16-30-22(28)18-12-14-26(15-13-18)23(29)25-20-5-2-1-3-6-20/h1-3,5-6,8-11,18H,4,7,12-16H2,(H,25,29). The van der Waals surface area contributed by atoms with Crippen molar-refractivity contribution in [3.63, 3.8) is 0 Å². The number of carbonyl (C=O) groups excluding carboxylic acids is 3. The van der Waals surface area contributed by atoms with Gasteiger partial charge in [-0.1, -0.05) is 18.2 Å². The second-order valence-electron chi connectivity index (χ2n) is 7.26. The predicted molar refractivity (Wildman–Crippen MR) is 111 cm³/mol. The van der Waals surface area contributed by atoms with Gasteiger partial charge in [-0.3, -0.25) is 9.59 Å². The van der Waals surface area contributed by atoms with Crippen LogP contribution in [0, 0.1) is 11.7 Å². The number of nitrogens with zero attached hydrogens (tertiary/aromatic N) is 1. The molecule has 0 saturated carbocycles. The highest BCUT2D eigenvalue weighted by molar-refractivity contribution is 5.96. The smallest absolute Gasteiger partial charge is 0.321 e. The summed E-state index contributed by atoms with van der Waals surface area (Å²) in [5.41, 5.74) is 1.18. The summed E-state index contributed by atoms with van der Waals surface area (Å²) < 4.78 is 18.2. The third-order valence-electron chi connectivity index (χ3n) is 5.10. The highest BCUT2D eigenvalue weighted by atomic mass is 19.1. The lowest BCUT2D eigenvalue weighted by Gasteiger charge is -2.31. The van der Waals surface area contributed by atoms with Crippen LogP contribution in [0.2, 0.25) is 0 Å². The molecule has 2 amide bonds. The SMILES string of the molecule is O=C(CCCOC(=O)C1CCN(C(=O)Nc2ccccc2)CC1)c1ccc(F)cc1. The summed E-state index contributed by atoms with van der Waals surface area (Å²) in [5, 5.41) is 2.84. The molecular weight excluding hydrogens is 387 g/mol. The number of ether oxygens (including phenoxy) is 1. The Morgan fingerprint density at radius 3 is 2.33 bits per heavy atom. The summed E-state index contributed by atoms with van der Waals surface area (Å²) in [6, 6.07) is 14.5. The Hall–Kier alpha value is -3.22. The molecule has 1 saturated heterocycles. The van der Waals surface area contributed by atoms with E-state index in [1.165, 1.54) is 24.3 Å². The molecule has 30 heavy (non-hydrogen) atoms. The molecule has 1 heterocycles. The fourth-order valence-electron chi connectivity index (χ4n) is 3.35. The number of nitrogens with one attached hydrogen (secondary N) is 1. The van der Waals surface area contributed by atoms with Crippen molar-refractivity contribution in [2.75, 3.05) is 25.0 Å². The van der Waals surface area contributed by atoms with Crippen molar-refractivity contribution in [3.8, 4) is 0 Å². The summed E-state index contributed by atoms with van der Waals surface area (Å²) >= 11 is 0. The van der Waals surface area contributed by atoms with Gasteiger partial charge < -0.3 is 15.0 Å². The number of para-hydroxylation sites is 1. The number of esters is 1. The highest BCUT2D eigenvalue weighted by Crippen LogP contribution is 2.20. The molecule has 0 aliphatic carbocycles. The van der Waals surface area contributed by atoms with E-state index in [1.54, 1.807) is 4.90 Å². The van der Waals surface area contributed by atoms with Crippen LogP contribution in [0.5, 0.6) is 0 Å². The number of piperidine rings is 1. The first-order valence-electron chi connectivity index (χ1n) is 10.1. The Labute approximate surface area is 175 Å². The number of ketones is 1. The lowest BCUT2D eigenvalue weighted by atomic mass is 9.97. The minimum absolute atomic E-state index is 0.108. The van der Waals surface area contributed by atoms with Crippen LogP contribution < -0.4 is 5.32 Å². The molecule has 1 N–H and O–H groups in total. The number of anilines is 1. The molecule has 3 rings (SSSR count). The van der Waals surface area contributed by atoms with Gasteiger partial charge >= 0.3 is 12.0 Å². The molecule has 7 heteroatoms. The second-order valence-corrected chi connectivity index (χ2v) is 7.26. The van der Waals surface area contributed by atoms with Crippen LogP contribution >= 0.6 is 0 Å². The topological polar surface area (TPSA) is 75.7 Å². The molecule has 2 aromatic carbocycles. The van der Waals surface area contributed by atoms with E-state index in [-0.39, 0.29) is 42.5 Å². The van der Waals surface area contributed by atoms with Gasteiger partial charge in [-0.05, 0) is 55.7 Å². The number of hydrogen-bond acceptors (Lipinski definition) is 4. The molecule has 0 unspecified atom stereocenters. The fourth-order valence-corrected chi connectivity index (χ4v) is 3.35. The second kappa shape index (κ2) is 10.5. The summed E-state index contributed by atoms with van der Waals surface area (Å²) in [5.74, 6) is -1.02. The Morgan fingerprint density at radius 2 is 1.67 bits per heavy atom. The molecule has 0 aromatic heterocycles. The molecule has 158 valence electrons. The first-order chi connectivity index (χ1) is 14.5. The van der Waals surface area contributed by atoms with Crippen molar-refractivity contribution in [2.45, 2.75) is 25.7 Å². The van der Waals surface area contributed by atoms with Gasteiger partial charge in [0.25, 0.3) is 0 Å². The lowest BCUT2D eigenvalue weighted by molar-refractivity contribution is -0.150. The fraction of sp³-hybridized carbons (Fsp3) is 0.348. The largest absolute Gasteiger partial charge is 0.465 e. The van der Waals surface area contributed by atoms with Crippen LogP contribution in [-0.2, 0) is 9.53 Å². The monoisotopic (exact) mass is 412 g/mol. The van der Waals surface area contributed by atoms with E-state index in [1.807, 2.05) is 30.3 Å². The van der Waals surface area contributed by atoms with Crippen LogP contribution in [0.1, 0.15) is 36.0 Å². The zero-order valence-electron chi connectivity index (χ0n) is 16.7. The Morgan fingerprint density at radius 1 is 1.00 bits per heavy atom. The first-order valence-corrected chi connectivity index (χ1v) is 10.1. The van der Waals surface area contributed by atoms with Gasteiger partial charge in [0, 0.05) is 30.8 Å². The summed E-state index contributed by atoms with van der Waals surface area (Å²) in [6.45, 7) is 1.14. The Kier molecular flexibility index (Phi) is 7.54. The van der Waals surface area contributed by atoms with Gasteiger partial charge in [0.2, 0.25) is 0 Å². The molecule has 1 aliphatic rings. The van der Waals surface area contributed by atoms with Crippen molar-refractivity contribution in [2.24, 2.45) is 5.92 Å². The zero-order valence-corrected chi connectivity index (χ0v) is 16.7. The molecule has 0 atom stereocenters. The molecule has 0 bridgehead atoms. The number of rotatable bonds is 7. The van der Waals surface area contributed by atoms with Crippen molar-refractivity contribution < 1.29 is 23.5 Å². The Balaban J connectivity index is 1.33. The summed E-state index contributed by atoms with van der Waals surface area (Å²) in [4.78, 5) is 38.3. The van der Waals surface area contributed by atoms with Gasteiger partial charge in [-0.2, -0.15) is 0 Å². The number of urea groups is 1. The lowest BCUT2D eigenvalue weighted by Crippen LogP contribution is -2.42. The maximum absolute atomic E-state index is 12.9. The molecular formula is C23H25FN2O4. The van der Waals surface area contributed by atoms with E-state index in [9.17, 15) is 18.8 Å². The van der Waals surface area contributed by atoms with Gasteiger partial charge in [0.05, 0.1) is 12.5 Å². The number of carbonyl (C=O) groups is 3. The molecule has 0 radical (unpaired) electrons. The van der Waals surface area contributed by atoms with E-state index in [2.05, 4.69) is 5.32 Å². The number of likely N-dealkylation sites (tertiary alicyclic amines) is 1. The van der Waals surface area contributed by atoms with Crippen molar-refractivity contribution in [1.82, 2.24) is 4.90 Å². The molecule has 1 aliphatic heterocycles. The van der Waals surface area contributed by atoms with Crippen LogP contribution in [0.15, 0.2) is 54.6 Å². The van der Waals surface area contributed by atoms with Crippen molar-refractivity contribution >= 4 is 23.5 Å². The molecule has 2 aromatic rings. The van der Waals surface area contributed by atoms with Gasteiger partial charge in [-0.15, -0.1) is 0 Å². The van der Waals surface area contributed by atoms with Crippen molar-refractivity contribution in [1.29, 1.82) is 0 Å². The van der Waals surface area contributed by atoms with Crippen molar-refractivity contribution in [3.05, 3.63) is 66.0 Å². The average Bonchev–Trinajstić information content (AvgIpc) is 2.77. The number of amides is 2. The third kappa shape index (κ3) is 6.14. The van der Waals surface area contributed by atoms with Gasteiger partial charge in [-0.25, -0.2) is 9.18 Å². The summed E-state index contributed by atoms with van der Waals surface area (Å²) in [6.07, 6.45) is 1.75. The summed E-state index contributed by atoms with van der Waals surface area (Å²) in [7, 11) is 0. The van der Waals surface area contributed by atoms with Crippen LogP contribution in [-0.4, -0.2) is 42.4 Å². The number of Topliss-reactive ketones (excluding diaryl/α,β-unsaturated/α-hetero) is 1. The van der Waals surface area contributed by atoms with Gasteiger partial charge in [0.1, 0.15) is 5.82 Å². The highest BCUT2D eigenvalue weighted by Gasteiger charge is 2.28. The zero-order chi connectivity index (χ0) is 21.3. The normalized spacial score (nSPS) is 14.2. The van der Waals surface area contributed by atoms with Crippen LogP contribution in [0.3, 0.4) is 0 Å². The molecule has 1 fully saturated rings. The van der Waals surface area contributed by atoms with E-state index < -0.39 is 0 Å². The van der Waals surface area contributed by atoms with Crippen LogP contribution in [0.25, 0.3) is 0 Å². The number of hydrogen-bond donors (Lipinski definition) is 1. The Bertz CT molecular complexity index is 863. The maximum atomic E-state index is 12.9. The van der Waals surface area contributed by atoms with E-state index in [0.29, 0.717) is 37.9 Å².